The molecule has 0 amide bonds. The van der Waals surface area contributed by atoms with Gasteiger partial charge in [0.1, 0.15) is 0 Å². The van der Waals surface area contributed by atoms with Gasteiger partial charge in [0.15, 0.2) is 0 Å². The fraction of sp³-hybridized carbons (Fsp3) is 0.600. The molecule has 7 N–H and O–H groups in total. The first kappa shape index (κ1) is 33.6. The van der Waals surface area contributed by atoms with Crippen LogP contribution in [0.5, 0.6) is 0 Å². The third kappa shape index (κ3) is 201. The molecule has 0 aromatic heterocycles. The molecule has 0 radical (unpaired) electrons. The maximum absolute atomic E-state index is 10.1. The third-order valence-corrected chi connectivity index (χ3v) is 1.62. The molecule has 0 heterocycles. The number of unbranched alkanes of at least 4 members (excludes halogenated alkanes) is 1. The monoisotopic (exact) mass is 350 g/mol. The molecule has 0 atom stereocenters. The SMILES string of the molecule is C=CCCCS(=O)(=O)O.OB(O)F.OB(O)F.OB(O)F.[LiH]. The minimum absolute atomic E-state index is 0. The summed E-state index contributed by atoms with van der Waals surface area (Å²) in [6.07, 6.45) is 2.69. The third-order valence-electron chi connectivity index (χ3n) is 0.811. The molecule has 17 heteroatoms. The number of allylic oxidation sites excluding steroid dienone is 1. The van der Waals surface area contributed by atoms with E-state index in [2.05, 4.69) is 6.58 Å². The Balaban J connectivity index is -0.0000000632. The molecule has 9 nitrogen and oxygen atoms in total. The summed E-state index contributed by atoms with van der Waals surface area (Å²) in [4.78, 5) is 0. The number of rotatable bonds is 4. The summed E-state index contributed by atoms with van der Waals surface area (Å²) in [5, 5.41) is 41.7. The maximum atomic E-state index is 10.1. The predicted octanol–water partition coefficient (Wildman–Crippen LogP) is -3.03. The van der Waals surface area contributed by atoms with Gasteiger partial charge in [-0.05, 0) is 12.8 Å². The van der Waals surface area contributed by atoms with Crippen molar-refractivity contribution in [2.45, 2.75) is 12.8 Å². The van der Waals surface area contributed by atoms with E-state index < -0.39 is 32.3 Å². The van der Waals surface area contributed by atoms with Gasteiger partial charge in [0.05, 0.1) is 5.75 Å². The van der Waals surface area contributed by atoms with E-state index in [1.807, 2.05) is 0 Å². The summed E-state index contributed by atoms with van der Waals surface area (Å²) in [5.74, 6) is -0.168. The Morgan fingerprint density at radius 3 is 1.27 bits per heavy atom. The van der Waals surface area contributed by atoms with E-state index >= 15 is 0 Å². The van der Waals surface area contributed by atoms with Gasteiger partial charge >= 0.3 is 41.0 Å². The average Bonchev–Trinajstić information content (AvgIpc) is 2.12. The molecule has 0 unspecified atom stereocenters. The molecule has 0 saturated carbocycles. The average molecular weight is 350 g/mol. The van der Waals surface area contributed by atoms with E-state index in [1.54, 1.807) is 6.08 Å². The van der Waals surface area contributed by atoms with Crippen LogP contribution in [0.2, 0.25) is 0 Å². The van der Waals surface area contributed by atoms with Gasteiger partial charge in [0.2, 0.25) is 0 Å². The van der Waals surface area contributed by atoms with Crippen molar-refractivity contribution in [1.82, 2.24) is 0 Å². The molecule has 128 valence electrons. The van der Waals surface area contributed by atoms with Crippen molar-refractivity contribution in [2.75, 3.05) is 5.75 Å². The van der Waals surface area contributed by atoms with Gasteiger partial charge < -0.3 is 30.1 Å². The van der Waals surface area contributed by atoms with Crippen LogP contribution in [0.15, 0.2) is 12.7 Å². The summed E-state index contributed by atoms with van der Waals surface area (Å²) >= 11 is 0. The molecule has 0 aromatic rings. The normalized spacial score (nSPS) is 8.27. The number of hydrogen-bond donors (Lipinski definition) is 7. The predicted molar refractivity (Wildman–Crippen MR) is 76.9 cm³/mol. The Labute approximate surface area is 139 Å². The zero-order chi connectivity index (χ0) is 18.1. The van der Waals surface area contributed by atoms with Crippen LogP contribution in [0, 0.1) is 0 Å². The Hall–Kier alpha value is -0.00779. The second-order valence-corrected chi connectivity index (χ2v) is 4.22. The van der Waals surface area contributed by atoms with Gasteiger partial charge in [-0.1, -0.05) is 6.08 Å². The van der Waals surface area contributed by atoms with Crippen molar-refractivity contribution in [1.29, 1.82) is 0 Å². The molecule has 0 spiro atoms. The van der Waals surface area contributed by atoms with Gasteiger partial charge in [-0.2, -0.15) is 8.42 Å². The molecule has 0 bridgehead atoms. The fourth-order valence-corrected chi connectivity index (χ4v) is 0.942. The van der Waals surface area contributed by atoms with Crippen molar-refractivity contribution >= 4 is 51.2 Å². The van der Waals surface area contributed by atoms with Gasteiger partial charge in [0, 0.05) is 0 Å². The first-order valence-electron chi connectivity index (χ1n) is 4.82. The van der Waals surface area contributed by atoms with Crippen LogP contribution in [-0.2, 0) is 10.1 Å². The first-order chi connectivity index (χ1) is 9.26. The van der Waals surface area contributed by atoms with Crippen molar-refractivity contribution in [2.24, 2.45) is 0 Å². The molecule has 0 aliphatic heterocycles. The van der Waals surface area contributed by atoms with E-state index in [0.717, 1.165) is 0 Å². The topological polar surface area (TPSA) is 176 Å². The zero-order valence-electron chi connectivity index (χ0n) is 10.6. The number of halogens is 3. The molecule has 0 saturated heterocycles. The van der Waals surface area contributed by atoms with E-state index in [4.69, 9.17) is 34.7 Å². The Morgan fingerprint density at radius 1 is 0.909 bits per heavy atom. The summed E-state index contributed by atoms with van der Waals surface area (Å²) in [6, 6.07) is 0. The first-order valence-corrected chi connectivity index (χ1v) is 6.43. The van der Waals surface area contributed by atoms with E-state index in [9.17, 15) is 21.4 Å². The van der Waals surface area contributed by atoms with E-state index in [-0.39, 0.29) is 24.6 Å². The van der Waals surface area contributed by atoms with Gasteiger partial charge in [-0.3, -0.25) is 17.5 Å². The number of hydrogen-bond acceptors (Lipinski definition) is 8. The van der Waals surface area contributed by atoms with Crippen molar-refractivity contribution in [3.8, 4) is 0 Å². The minimum atomic E-state index is -3.74. The summed E-state index contributed by atoms with van der Waals surface area (Å²) < 4.78 is 58.6. The fourth-order valence-electron chi connectivity index (χ4n) is 0.410. The summed E-state index contributed by atoms with van der Waals surface area (Å²) in [5.41, 5.74) is 0. The second kappa shape index (κ2) is 23.3. The summed E-state index contributed by atoms with van der Waals surface area (Å²) in [7, 11) is -11.7. The second-order valence-electron chi connectivity index (χ2n) is 2.65. The molecule has 0 aliphatic rings. The van der Waals surface area contributed by atoms with Gasteiger partial charge in [0.25, 0.3) is 10.1 Å². The van der Waals surface area contributed by atoms with Crippen molar-refractivity contribution < 1.29 is 56.1 Å². The van der Waals surface area contributed by atoms with Crippen LogP contribution >= 0.6 is 0 Å². The van der Waals surface area contributed by atoms with Crippen LogP contribution in [0.4, 0.5) is 12.9 Å². The molecule has 0 fully saturated rings. The van der Waals surface area contributed by atoms with Crippen LogP contribution in [0.1, 0.15) is 12.8 Å². The van der Waals surface area contributed by atoms with Crippen molar-refractivity contribution in [3.05, 3.63) is 12.7 Å². The quantitative estimate of drug-likeness (QED) is 0.120. The van der Waals surface area contributed by atoms with E-state index in [0.29, 0.717) is 12.8 Å². The van der Waals surface area contributed by atoms with Crippen LogP contribution in [-0.4, -0.2) is 89.9 Å². The van der Waals surface area contributed by atoms with Gasteiger partial charge in [-0.25, -0.2) is 0 Å². The Bertz CT molecular complexity index is 286. The molecular weight excluding hydrogens is 332 g/mol. The Morgan fingerprint density at radius 2 is 1.14 bits per heavy atom. The van der Waals surface area contributed by atoms with E-state index in [1.165, 1.54) is 0 Å². The zero-order valence-corrected chi connectivity index (χ0v) is 11.4. The molecule has 0 aromatic carbocycles. The standard InChI is InChI=1S/C5H10O3S.3BFH2O2.Li.H/c1-2-3-4-5-9(6,7)8;3*2-1(3)4;;/h2H,1,3-5H2,(H,6,7,8);3*3-4H;;. The molecule has 0 aliphatic carbocycles. The van der Waals surface area contributed by atoms with Gasteiger partial charge in [-0.15, -0.1) is 6.58 Å². The molecular formula is C5H17B3F3LiO9S. The van der Waals surface area contributed by atoms with Crippen LogP contribution in [0.25, 0.3) is 0 Å². The molecule has 22 heavy (non-hydrogen) atoms. The van der Waals surface area contributed by atoms with Crippen molar-refractivity contribution in [3.63, 3.8) is 0 Å². The summed E-state index contributed by atoms with van der Waals surface area (Å²) in [6.45, 7) is 3.40. The molecule has 0 rings (SSSR count). The Kier molecular flexibility index (Phi) is 35.5. The van der Waals surface area contributed by atoms with Crippen LogP contribution < -0.4 is 0 Å². The van der Waals surface area contributed by atoms with Crippen LogP contribution in [0.3, 0.4) is 0 Å².